The Morgan fingerprint density at radius 1 is 1.29 bits per heavy atom. The van der Waals surface area contributed by atoms with Crippen LogP contribution >= 0.6 is 15.9 Å². The van der Waals surface area contributed by atoms with Gasteiger partial charge in [-0.05, 0) is 40.0 Å². The molecule has 2 rings (SSSR count). The van der Waals surface area contributed by atoms with Gasteiger partial charge in [-0.25, -0.2) is 9.97 Å². The monoisotopic (exact) mass is 351 g/mol. The standard InChI is InChI=1S/C15H18BrN3O2/c1-3-7-17-14-13(16)15(19-10-18-14)21-12-6-4-5-11(8-12)9-20-2/h4-6,8,10H,3,7,9H2,1-2H3,(H,17,18,19). The zero-order chi connectivity index (χ0) is 15.1. The number of rotatable bonds is 7. The molecule has 0 saturated heterocycles. The molecular weight excluding hydrogens is 334 g/mol. The molecule has 0 amide bonds. The maximum atomic E-state index is 5.82. The van der Waals surface area contributed by atoms with Crippen LogP contribution in [0.1, 0.15) is 18.9 Å². The third kappa shape index (κ3) is 4.41. The van der Waals surface area contributed by atoms with Gasteiger partial charge >= 0.3 is 0 Å². The molecule has 1 aromatic heterocycles. The second-order valence-electron chi connectivity index (χ2n) is 4.45. The minimum Gasteiger partial charge on any atom is -0.438 e. The normalized spacial score (nSPS) is 10.4. The molecule has 6 heteroatoms. The van der Waals surface area contributed by atoms with E-state index in [-0.39, 0.29) is 0 Å². The molecule has 112 valence electrons. The molecule has 0 saturated carbocycles. The van der Waals surface area contributed by atoms with Gasteiger partial charge in [-0.1, -0.05) is 19.1 Å². The summed E-state index contributed by atoms with van der Waals surface area (Å²) in [4.78, 5) is 8.36. The van der Waals surface area contributed by atoms with Crippen molar-refractivity contribution in [2.24, 2.45) is 0 Å². The van der Waals surface area contributed by atoms with Gasteiger partial charge in [-0.15, -0.1) is 0 Å². The van der Waals surface area contributed by atoms with E-state index in [2.05, 4.69) is 38.1 Å². The van der Waals surface area contributed by atoms with Crippen LogP contribution in [0.3, 0.4) is 0 Å². The average molecular weight is 352 g/mol. The summed E-state index contributed by atoms with van der Waals surface area (Å²) in [5.41, 5.74) is 1.05. The molecule has 0 radical (unpaired) electrons. The molecule has 2 aromatic rings. The molecule has 0 fully saturated rings. The lowest BCUT2D eigenvalue weighted by Gasteiger charge is -2.11. The highest BCUT2D eigenvalue weighted by molar-refractivity contribution is 9.10. The first-order chi connectivity index (χ1) is 10.2. The molecule has 0 aliphatic carbocycles. The fourth-order valence-corrected chi connectivity index (χ4v) is 2.19. The van der Waals surface area contributed by atoms with E-state index in [1.165, 1.54) is 6.33 Å². The molecule has 0 atom stereocenters. The second kappa shape index (κ2) is 7.95. The first-order valence-electron chi connectivity index (χ1n) is 6.74. The van der Waals surface area contributed by atoms with Crippen LogP contribution in [-0.2, 0) is 11.3 Å². The lowest BCUT2D eigenvalue weighted by molar-refractivity contribution is 0.184. The number of benzene rings is 1. The smallest absolute Gasteiger partial charge is 0.238 e. The van der Waals surface area contributed by atoms with Gasteiger partial charge in [0, 0.05) is 13.7 Å². The van der Waals surface area contributed by atoms with E-state index in [0.717, 1.165) is 28.8 Å². The van der Waals surface area contributed by atoms with Crippen molar-refractivity contribution in [2.75, 3.05) is 19.0 Å². The van der Waals surface area contributed by atoms with Gasteiger partial charge < -0.3 is 14.8 Å². The summed E-state index contributed by atoms with van der Waals surface area (Å²) in [5, 5.41) is 3.22. The molecule has 0 spiro atoms. The number of anilines is 1. The van der Waals surface area contributed by atoms with Gasteiger partial charge in [-0.2, -0.15) is 0 Å². The van der Waals surface area contributed by atoms with Gasteiger partial charge in [-0.3, -0.25) is 0 Å². The average Bonchev–Trinajstić information content (AvgIpc) is 2.49. The summed E-state index contributed by atoms with van der Waals surface area (Å²) in [6.45, 7) is 3.49. The van der Waals surface area contributed by atoms with Crippen LogP contribution in [0.2, 0.25) is 0 Å². The van der Waals surface area contributed by atoms with Gasteiger partial charge in [0.15, 0.2) is 0 Å². The van der Waals surface area contributed by atoms with Crippen molar-refractivity contribution < 1.29 is 9.47 Å². The van der Waals surface area contributed by atoms with E-state index >= 15 is 0 Å². The third-order valence-corrected chi connectivity index (χ3v) is 3.44. The lowest BCUT2D eigenvalue weighted by atomic mass is 10.2. The Labute approximate surface area is 132 Å². The van der Waals surface area contributed by atoms with E-state index < -0.39 is 0 Å². The van der Waals surface area contributed by atoms with Crippen molar-refractivity contribution in [3.05, 3.63) is 40.6 Å². The van der Waals surface area contributed by atoms with Crippen LogP contribution in [0.25, 0.3) is 0 Å². The number of hydrogen-bond acceptors (Lipinski definition) is 5. The summed E-state index contributed by atoms with van der Waals surface area (Å²) in [6, 6.07) is 7.72. The Kier molecular flexibility index (Phi) is 5.95. The molecule has 0 aliphatic rings. The molecule has 1 heterocycles. The van der Waals surface area contributed by atoms with E-state index in [9.17, 15) is 0 Å². The van der Waals surface area contributed by atoms with Crippen molar-refractivity contribution in [3.63, 3.8) is 0 Å². The van der Waals surface area contributed by atoms with E-state index in [1.807, 2.05) is 24.3 Å². The van der Waals surface area contributed by atoms with Gasteiger partial charge in [0.1, 0.15) is 22.4 Å². The van der Waals surface area contributed by atoms with E-state index in [0.29, 0.717) is 18.2 Å². The number of hydrogen-bond donors (Lipinski definition) is 1. The van der Waals surface area contributed by atoms with Gasteiger partial charge in [0.2, 0.25) is 5.88 Å². The molecule has 0 unspecified atom stereocenters. The summed E-state index contributed by atoms with van der Waals surface area (Å²) in [5.74, 6) is 1.93. The van der Waals surface area contributed by atoms with E-state index in [4.69, 9.17) is 9.47 Å². The van der Waals surface area contributed by atoms with E-state index in [1.54, 1.807) is 7.11 Å². The van der Waals surface area contributed by atoms with Crippen LogP contribution in [-0.4, -0.2) is 23.6 Å². The quantitative estimate of drug-likeness (QED) is 0.816. The van der Waals surface area contributed by atoms with Crippen molar-refractivity contribution >= 4 is 21.7 Å². The fraction of sp³-hybridized carbons (Fsp3) is 0.333. The molecule has 1 N–H and O–H groups in total. The predicted octanol–water partition coefficient (Wildman–Crippen LogP) is 4.00. The number of nitrogens with one attached hydrogen (secondary N) is 1. The number of nitrogens with zero attached hydrogens (tertiary/aromatic N) is 2. The number of ether oxygens (including phenoxy) is 2. The van der Waals surface area contributed by atoms with Crippen LogP contribution in [0.5, 0.6) is 11.6 Å². The lowest BCUT2D eigenvalue weighted by Crippen LogP contribution is -2.04. The first kappa shape index (κ1) is 15.7. The SMILES string of the molecule is CCCNc1ncnc(Oc2cccc(COC)c2)c1Br. The third-order valence-electron chi connectivity index (χ3n) is 2.72. The topological polar surface area (TPSA) is 56.3 Å². The van der Waals surface area contributed by atoms with Crippen molar-refractivity contribution in [3.8, 4) is 11.6 Å². The molecule has 1 aromatic carbocycles. The highest BCUT2D eigenvalue weighted by Crippen LogP contribution is 2.32. The summed E-state index contributed by atoms with van der Waals surface area (Å²) in [7, 11) is 1.67. The van der Waals surface area contributed by atoms with Gasteiger partial charge in [0.25, 0.3) is 0 Å². The van der Waals surface area contributed by atoms with Crippen LogP contribution in [0, 0.1) is 0 Å². The highest BCUT2D eigenvalue weighted by atomic mass is 79.9. The Bertz CT molecular complexity index is 593. The fourth-order valence-electron chi connectivity index (χ4n) is 1.77. The molecule has 0 bridgehead atoms. The first-order valence-corrected chi connectivity index (χ1v) is 7.54. The molecule has 0 aliphatic heterocycles. The van der Waals surface area contributed by atoms with Gasteiger partial charge in [0.05, 0.1) is 6.61 Å². The zero-order valence-corrected chi connectivity index (χ0v) is 13.7. The summed E-state index contributed by atoms with van der Waals surface area (Å²) < 4.78 is 11.7. The van der Waals surface area contributed by atoms with Crippen LogP contribution in [0.15, 0.2) is 35.1 Å². The minimum atomic E-state index is 0.484. The molecule has 5 nitrogen and oxygen atoms in total. The van der Waals surface area contributed by atoms with Crippen molar-refractivity contribution in [1.29, 1.82) is 0 Å². The second-order valence-corrected chi connectivity index (χ2v) is 5.24. The molecule has 21 heavy (non-hydrogen) atoms. The predicted molar refractivity (Wildman–Crippen MR) is 85.7 cm³/mol. The number of aromatic nitrogens is 2. The Hall–Kier alpha value is -1.66. The Morgan fingerprint density at radius 3 is 2.90 bits per heavy atom. The summed E-state index contributed by atoms with van der Waals surface area (Å²) in [6.07, 6.45) is 2.50. The minimum absolute atomic E-state index is 0.484. The highest BCUT2D eigenvalue weighted by Gasteiger charge is 2.10. The Balaban J connectivity index is 2.17. The van der Waals surface area contributed by atoms with Crippen molar-refractivity contribution in [1.82, 2.24) is 9.97 Å². The number of methoxy groups -OCH3 is 1. The maximum Gasteiger partial charge on any atom is 0.238 e. The zero-order valence-electron chi connectivity index (χ0n) is 12.1. The van der Waals surface area contributed by atoms with Crippen LogP contribution < -0.4 is 10.1 Å². The summed E-state index contributed by atoms with van der Waals surface area (Å²) >= 11 is 3.48. The molecular formula is C15H18BrN3O2. The van der Waals surface area contributed by atoms with Crippen LogP contribution in [0.4, 0.5) is 5.82 Å². The van der Waals surface area contributed by atoms with Crippen molar-refractivity contribution in [2.45, 2.75) is 20.0 Å². The maximum absolute atomic E-state index is 5.82. The number of halogens is 1. The Morgan fingerprint density at radius 2 is 2.14 bits per heavy atom. The largest absolute Gasteiger partial charge is 0.438 e.